The number of hydrogen-bond donors (Lipinski definition) is 1. The molecule has 86 valence electrons. The molecule has 2 N–H and O–H groups in total. The van der Waals surface area contributed by atoms with Crippen molar-refractivity contribution in [2.75, 3.05) is 5.73 Å². The van der Waals surface area contributed by atoms with Crippen molar-refractivity contribution in [3.05, 3.63) is 46.2 Å². The number of thiophene rings is 1. The molecule has 2 heterocycles. The second-order valence-corrected chi connectivity index (χ2v) is 5.11. The smallest absolute Gasteiger partial charge is 0.201 e. The summed E-state index contributed by atoms with van der Waals surface area (Å²) in [7, 11) is 0. The summed E-state index contributed by atoms with van der Waals surface area (Å²) in [6, 6.07) is 10.3. The lowest BCUT2D eigenvalue weighted by Gasteiger charge is -2.06. The van der Waals surface area contributed by atoms with E-state index < -0.39 is 0 Å². The maximum Gasteiger partial charge on any atom is 0.201 e. The van der Waals surface area contributed by atoms with E-state index in [1.165, 1.54) is 10.4 Å². The van der Waals surface area contributed by atoms with Crippen LogP contribution in [0.2, 0.25) is 0 Å². The van der Waals surface area contributed by atoms with Crippen molar-refractivity contribution in [1.82, 2.24) is 9.55 Å². The predicted molar refractivity (Wildman–Crippen MR) is 72.3 cm³/mol. The molecule has 0 unspecified atom stereocenters. The van der Waals surface area contributed by atoms with Gasteiger partial charge in [0.2, 0.25) is 5.95 Å². The summed E-state index contributed by atoms with van der Waals surface area (Å²) in [5.74, 6) is 0.586. The van der Waals surface area contributed by atoms with E-state index in [2.05, 4.69) is 40.1 Å². The Morgan fingerprint density at radius 3 is 2.94 bits per heavy atom. The summed E-state index contributed by atoms with van der Waals surface area (Å²) in [6.45, 7) is 2.89. The molecule has 0 bridgehead atoms. The molecule has 0 aliphatic rings. The molecular weight excluding hydrogens is 230 g/mol. The van der Waals surface area contributed by atoms with Gasteiger partial charge in [0.25, 0.3) is 0 Å². The Balaban J connectivity index is 2.18. The monoisotopic (exact) mass is 243 g/mol. The van der Waals surface area contributed by atoms with Crippen molar-refractivity contribution in [2.24, 2.45) is 0 Å². The lowest BCUT2D eigenvalue weighted by atomic mass is 10.2. The van der Waals surface area contributed by atoms with Crippen molar-refractivity contribution in [3.63, 3.8) is 0 Å². The Morgan fingerprint density at radius 1 is 1.29 bits per heavy atom. The summed E-state index contributed by atoms with van der Waals surface area (Å²) < 4.78 is 2.08. The number of nitrogens with two attached hydrogens (primary N) is 1. The minimum atomic E-state index is 0.586. The van der Waals surface area contributed by atoms with Gasteiger partial charge in [0, 0.05) is 4.88 Å². The summed E-state index contributed by atoms with van der Waals surface area (Å²) in [5.41, 5.74) is 9.32. The van der Waals surface area contributed by atoms with Gasteiger partial charge in [0.1, 0.15) is 0 Å². The normalized spacial score (nSPS) is 11.1. The third-order valence-electron chi connectivity index (χ3n) is 2.89. The van der Waals surface area contributed by atoms with Gasteiger partial charge >= 0.3 is 0 Å². The topological polar surface area (TPSA) is 43.8 Å². The molecule has 0 aliphatic carbocycles. The van der Waals surface area contributed by atoms with Crippen LogP contribution in [0, 0.1) is 6.92 Å². The molecule has 0 atom stereocenters. The van der Waals surface area contributed by atoms with E-state index in [4.69, 9.17) is 5.73 Å². The Kier molecular flexibility index (Phi) is 2.37. The van der Waals surface area contributed by atoms with Crippen LogP contribution < -0.4 is 5.73 Å². The van der Waals surface area contributed by atoms with Gasteiger partial charge in [0.15, 0.2) is 0 Å². The van der Waals surface area contributed by atoms with E-state index in [1.54, 1.807) is 11.3 Å². The maximum atomic E-state index is 6.00. The second kappa shape index (κ2) is 3.89. The Bertz CT molecular complexity index is 653. The maximum absolute atomic E-state index is 6.00. The molecule has 0 saturated heterocycles. The molecule has 3 nitrogen and oxygen atoms in total. The Labute approximate surface area is 104 Å². The zero-order chi connectivity index (χ0) is 11.8. The minimum Gasteiger partial charge on any atom is -0.369 e. The van der Waals surface area contributed by atoms with E-state index in [0.29, 0.717) is 5.95 Å². The molecule has 3 rings (SSSR count). The second-order valence-electron chi connectivity index (χ2n) is 4.08. The van der Waals surface area contributed by atoms with Gasteiger partial charge in [-0.05, 0) is 30.0 Å². The standard InChI is InChI=1S/C13H13N3S/c1-9-4-2-6-11-12(9)16(13(14)15-11)8-10-5-3-7-17-10/h2-7H,8H2,1H3,(H2,14,15). The van der Waals surface area contributed by atoms with Crippen molar-refractivity contribution in [3.8, 4) is 0 Å². The van der Waals surface area contributed by atoms with Crippen molar-refractivity contribution in [2.45, 2.75) is 13.5 Å². The van der Waals surface area contributed by atoms with Crippen LogP contribution in [0.3, 0.4) is 0 Å². The van der Waals surface area contributed by atoms with Gasteiger partial charge in [-0.2, -0.15) is 0 Å². The fraction of sp³-hybridized carbons (Fsp3) is 0.154. The van der Waals surface area contributed by atoms with Crippen LogP contribution in [0.5, 0.6) is 0 Å². The molecule has 0 fully saturated rings. The third-order valence-corrected chi connectivity index (χ3v) is 3.75. The van der Waals surface area contributed by atoms with Crippen LogP contribution in [0.4, 0.5) is 5.95 Å². The molecule has 0 amide bonds. The van der Waals surface area contributed by atoms with Crippen LogP contribution in [0.25, 0.3) is 11.0 Å². The number of aromatic nitrogens is 2. The summed E-state index contributed by atoms with van der Waals surface area (Å²) in [6.07, 6.45) is 0. The fourth-order valence-corrected chi connectivity index (χ4v) is 2.79. The van der Waals surface area contributed by atoms with Gasteiger partial charge in [-0.3, -0.25) is 0 Å². The highest BCUT2D eigenvalue weighted by atomic mass is 32.1. The van der Waals surface area contributed by atoms with Crippen molar-refractivity contribution >= 4 is 28.3 Å². The average Bonchev–Trinajstić information content (AvgIpc) is 2.89. The largest absolute Gasteiger partial charge is 0.369 e. The first-order chi connectivity index (χ1) is 8.25. The molecular formula is C13H13N3S. The first-order valence-corrected chi connectivity index (χ1v) is 6.37. The van der Waals surface area contributed by atoms with Crippen molar-refractivity contribution < 1.29 is 0 Å². The van der Waals surface area contributed by atoms with E-state index in [1.807, 2.05) is 12.1 Å². The van der Waals surface area contributed by atoms with Crippen LogP contribution in [-0.2, 0) is 6.54 Å². The van der Waals surface area contributed by atoms with Gasteiger partial charge in [0.05, 0.1) is 17.6 Å². The first kappa shape index (κ1) is 10.4. The third kappa shape index (κ3) is 1.70. The molecule has 1 aromatic carbocycles. The number of para-hydroxylation sites is 1. The zero-order valence-electron chi connectivity index (χ0n) is 9.55. The number of anilines is 1. The number of nitrogen functional groups attached to an aromatic ring is 1. The molecule has 0 aliphatic heterocycles. The summed E-state index contributed by atoms with van der Waals surface area (Å²) in [4.78, 5) is 5.69. The van der Waals surface area contributed by atoms with E-state index >= 15 is 0 Å². The Morgan fingerprint density at radius 2 is 2.18 bits per heavy atom. The highest BCUT2D eigenvalue weighted by Crippen LogP contribution is 2.23. The molecule has 0 saturated carbocycles. The van der Waals surface area contributed by atoms with Crippen molar-refractivity contribution in [1.29, 1.82) is 0 Å². The molecule has 2 aromatic heterocycles. The number of benzene rings is 1. The number of nitrogens with zero attached hydrogens (tertiary/aromatic N) is 2. The number of hydrogen-bond acceptors (Lipinski definition) is 3. The SMILES string of the molecule is Cc1cccc2nc(N)n(Cc3cccs3)c12. The molecule has 0 spiro atoms. The van der Waals surface area contributed by atoms with Gasteiger partial charge in [-0.1, -0.05) is 18.2 Å². The fourth-order valence-electron chi connectivity index (χ4n) is 2.10. The van der Waals surface area contributed by atoms with Crippen LogP contribution in [-0.4, -0.2) is 9.55 Å². The first-order valence-electron chi connectivity index (χ1n) is 5.49. The summed E-state index contributed by atoms with van der Waals surface area (Å²) in [5, 5.41) is 2.08. The number of imidazole rings is 1. The lowest BCUT2D eigenvalue weighted by Crippen LogP contribution is -2.04. The van der Waals surface area contributed by atoms with E-state index in [9.17, 15) is 0 Å². The number of rotatable bonds is 2. The summed E-state index contributed by atoms with van der Waals surface area (Å²) >= 11 is 1.74. The zero-order valence-corrected chi connectivity index (χ0v) is 10.4. The van der Waals surface area contributed by atoms with Gasteiger partial charge in [-0.25, -0.2) is 4.98 Å². The number of fused-ring (bicyclic) bond motifs is 1. The molecule has 4 heteroatoms. The predicted octanol–water partition coefficient (Wildman–Crippen LogP) is 3.04. The number of aryl methyl sites for hydroxylation is 1. The van der Waals surface area contributed by atoms with Gasteiger partial charge < -0.3 is 10.3 Å². The van der Waals surface area contributed by atoms with Crippen LogP contribution in [0.1, 0.15) is 10.4 Å². The molecule has 17 heavy (non-hydrogen) atoms. The minimum absolute atomic E-state index is 0.586. The quantitative estimate of drug-likeness (QED) is 0.751. The van der Waals surface area contributed by atoms with E-state index in [-0.39, 0.29) is 0 Å². The highest BCUT2D eigenvalue weighted by molar-refractivity contribution is 7.09. The average molecular weight is 243 g/mol. The van der Waals surface area contributed by atoms with Gasteiger partial charge in [-0.15, -0.1) is 11.3 Å². The Hall–Kier alpha value is -1.81. The van der Waals surface area contributed by atoms with Crippen LogP contribution >= 0.6 is 11.3 Å². The van der Waals surface area contributed by atoms with E-state index in [0.717, 1.165) is 17.6 Å². The molecule has 0 radical (unpaired) electrons. The highest BCUT2D eigenvalue weighted by Gasteiger charge is 2.10. The lowest BCUT2D eigenvalue weighted by molar-refractivity contribution is 0.850. The van der Waals surface area contributed by atoms with Crippen LogP contribution in [0.15, 0.2) is 35.7 Å². The molecule has 3 aromatic rings.